The average molecular weight is 595 g/mol. The summed E-state index contributed by atoms with van der Waals surface area (Å²) < 4.78 is 17.8. The number of carboxylic acids is 1. The van der Waals surface area contributed by atoms with Crippen LogP contribution in [0.25, 0.3) is 0 Å². The Morgan fingerprint density at radius 2 is 2.13 bits per heavy atom. The van der Waals surface area contributed by atoms with Crippen molar-refractivity contribution in [2.24, 2.45) is 5.16 Å². The molecule has 18 heteroatoms. The van der Waals surface area contributed by atoms with Gasteiger partial charge in [-0.2, -0.15) is 9.36 Å². The van der Waals surface area contributed by atoms with Crippen molar-refractivity contribution in [3.63, 3.8) is 0 Å². The Kier molecular flexibility index (Phi) is 7.54. The smallest absolute Gasteiger partial charge is 0.352 e. The van der Waals surface area contributed by atoms with Crippen LogP contribution < -0.4 is 15.9 Å². The molecule has 1 fully saturated rings. The minimum Gasteiger partial charge on any atom is -0.477 e. The SMILES string of the molecule is Nc1nc(/C(=N/Oc2ccc(F)cc2)C(=O)NC2C(=O)N3C(C(=O)O)=C(CSc4nncs4)CS[C@H]23)ns1. The minimum absolute atomic E-state index is 0.0752. The Balaban J connectivity index is 1.32. The van der Waals surface area contributed by atoms with Crippen molar-refractivity contribution in [1.82, 2.24) is 29.8 Å². The Bertz CT molecular complexity index is 1450. The summed E-state index contributed by atoms with van der Waals surface area (Å²) >= 11 is 4.81. The van der Waals surface area contributed by atoms with Gasteiger partial charge in [-0.15, -0.1) is 22.0 Å². The normalized spacial score (nSPS) is 19.1. The number of fused-ring (bicyclic) bond motifs is 1. The number of carboxylic acid groups (broad SMARTS) is 1. The van der Waals surface area contributed by atoms with E-state index in [0.29, 0.717) is 21.4 Å². The fourth-order valence-electron chi connectivity index (χ4n) is 3.49. The number of carbonyl (C=O) groups excluding carboxylic acids is 2. The van der Waals surface area contributed by atoms with E-state index in [2.05, 4.69) is 30.0 Å². The standard InChI is InChI=1S/C20H15FN8O5S4/c21-9-1-3-10(4-2-9)34-27-11(14-25-19(22)38-28-14)15(30)24-12-16(31)29-13(18(32)33)8(5-35-17(12)29)6-36-20-26-23-7-37-20/h1-4,7,12,17H,5-6H2,(H,24,30)(H,32,33)(H2,22,25,28)/b27-11-/t12?,17-/m1/s1. The Morgan fingerprint density at radius 3 is 2.79 bits per heavy atom. The lowest BCUT2D eigenvalue weighted by Gasteiger charge is -2.49. The van der Waals surface area contributed by atoms with Gasteiger partial charge in [0.05, 0.1) is 0 Å². The molecule has 2 atom stereocenters. The van der Waals surface area contributed by atoms with Gasteiger partial charge in [0.25, 0.3) is 11.8 Å². The van der Waals surface area contributed by atoms with Crippen molar-refractivity contribution in [2.45, 2.75) is 15.8 Å². The molecule has 3 aromatic rings. The summed E-state index contributed by atoms with van der Waals surface area (Å²) in [5.41, 5.74) is 7.31. The summed E-state index contributed by atoms with van der Waals surface area (Å²) in [7, 11) is 0. The van der Waals surface area contributed by atoms with E-state index in [0.717, 1.165) is 23.7 Å². The van der Waals surface area contributed by atoms with Crippen LogP contribution in [0, 0.1) is 5.82 Å². The molecule has 4 heterocycles. The highest BCUT2D eigenvalue weighted by molar-refractivity contribution is 8.01. The average Bonchev–Trinajstić information content (AvgIpc) is 3.58. The Hall–Kier alpha value is -3.61. The second-order valence-electron chi connectivity index (χ2n) is 7.55. The summed E-state index contributed by atoms with van der Waals surface area (Å²) in [6.07, 6.45) is 0. The summed E-state index contributed by atoms with van der Waals surface area (Å²) in [5.74, 6) is -2.46. The molecule has 2 aromatic heterocycles. The van der Waals surface area contributed by atoms with Gasteiger partial charge in [0.2, 0.25) is 11.5 Å². The lowest BCUT2D eigenvalue weighted by Crippen LogP contribution is -2.71. The van der Waals surface area contributed by atoms with Crippen molar-refractivity contribution >= 4 is 75.0 Å². The molecule has 0 saturated carbocycles. The van der Waals surface area contributed by atoms with E-state index in [9.17, 15) is 23.9 Å². The van der Waals surface area contributed by atoms with Gasteiger partial charge < -0.3 is 21.0 Å². The van der Waals surface area contributed by atoms with Crippen LogP contribution in [-0.2, 0) is 14.4 Å². The lowest BCUT2D eigenvalue weighted by atomic mass is 10.0. The number of thioether (sulfide) groups is 2. The molecule has 1 saturated heterocycles. The zero-order valence-corrected chi connectivity index (χ0v) is 22.1. The van der Waals surface area contributed by atoms with Crippen molar-refractivity contribution in [3.8, 4) is 5.75 Å². The third-order valence-corrected chi connectivity index (χ3v) is 9.00. The van der Waals surface area contributed by atoms with Gasteiger partial charge in [-0.3, -0.25) is 14.5 Å². The monoisotopic (exact) mass is 594 g/mol. The summed E-state index contributed by atoms with van der Waals surface area (Å²) in [6, 6.07) is 3.90. The molecule has 1 unspecified atom stereocenters. The maximum Gasteiger partial charge on any atom is 0.352 e. The molecule has 5 rings (SSSR count). The van der Waals surface area contributed by atoms with Crippen LogP contribution in [-0.4, -0.2) is 76.0 Å². The zero-order chi connectivity index (χ0) is 26.8. The summed E-state index contributed by atoms with van der Waals surface area (Å²) in [4.78, 5) is 48.6. The van der Waals surface area contributed by atoms with Crippen LogP contribution in [0.3, 0.4) is 0 Å². The highest BCUT2D eigenvalue weighted by Gasteiger charge is 2.54. The first-order valence-electron chi connectivity index (χ1n) is 10.5. The number of amides is 2. The first-order chi connectivity index (χ1) is 18.3. The van der Waals surface area contributed by atoms with Crippen LogP contribution in [0.2, 0.25) is 0 Å². The van der Waals surface area contributed by atoms with Crippen LogP contribution in [0.15, 0.2) is 50.5 Å². The highest BCUT2D eigenvalue weighted by Crippen LogP contribution is 2.41. The molecule has 38 heavy (non-hydrogen) atoms. The number of benzene rings is 1. The van der Waals surface area contributed by atoms with E-state index < -0.39 is 35.0 Å². The van der Waals surface area contributed by atoms with Crippen molar-refractivity contribution in [1.29, 1.82) is 0 Å². The summed E-state index contributed by atoms with van der Waals surface area (Å²) in [5, 5.41) is 23.3. The third kappa shape index (κ3) is 5.33. The maximum atomic E-state index is 13.2. The van der Waals surface area contributed by atoms with Gasteiger partial charge in [-0.1, -0.05) is 28.3 Å². The Labute approximate surface area is 229 Å². The number of nitrogen functional groups attached to an aromatic ring is 1. The van der Waals surface area contributed by atoms with Crippen LogP contribution in [0.4, 0.5) is 9.52 Å². The number of hydrogen-bond donors (Lipinski definition) is 3. The largest absolute Gasteiger partial charge is 0.477 e. The second kappa shape index (κ2) is 11.0. The van der Waals surface area contributed by atoms with E-state index in [1.54, 1.807) is 5.51 Å². The number of nitrogens with two attached hydrogens (primary N) is 1. The molecule has 0 bridgehead atoms. The minimum atomic E-state index is -1.24. The van der Waals surface area contributed by atoms with Gasteiger partial charge in [-0.05, 0) is 29.8 Å². The van der Waals surface area contributed by atoms with E-state index >= 15 is 0 Å². The summed E-state index contributed by atoms with van der Waals surface area (Å²) in [6.45, 7) is 0. The molecule has 0 spiro atoms. The molecule has 196 valence electrons. The van der Waals surface area contributed by atoms with E-state index in [1.807, 2.05) is 0 Å². The number of aliphatic carboxylic acids is 1. The first kappa shape index (κ1) is 26.0. The van der Waals surface area contributed by atoms with Gasteiger partial charge in [0.1, 0.15) is 28.4 Å². The number of oxime groups is 1. The highest BCUT2D eigenvalue weighted by atomic mass is 32.2. The number of β-lactam (4-membered cyclic amide) rings is 1. The van der Waals surface area contributed by atoms with Gasteiger partial charge in [-0.25, -0.2) is 9.18 Å². The van der Waals surface area contributed by atoms with E-state index in [1.165, 1.54) is 51.9 Å². The number of rotatable bonds is 9. The zero-order valence-electron chi connectivity index (χ0n) is 18.8. The molecule has 0 radical (unpaired) electrons. The molecular formula is C20H15FN8O5S4. The predicted octanol–water partition coefficient (Wildman–Crippen LogP) is 1.42. The third-order valence-electron chi connectivity index (χ3n) is 5.17. The van der Waals surface area contributed by atoms with Gasteiger partial charge in [0.15, 0.2) is 15.2 Å². The number of anilines is 1. The molecule has 13 nitrogen and oxygen atoms in total. The number of carbonyl (C=O) groups is 3. The van der Waals surface area contributed by atoms with Crippen LogP contribution in [0.5, 0.6) is 5.75 Å². The molecule has 4 N–H and O–H groups in total. The van der Waals surface area contributed by atoms with Crippen molar-refractivity contribution < 1.29 is 28.7 Å². The number of nitrogens with zero attached hydrogens (tertiary/aromatic N) is 6. The molecule has 2 amide bonds. The van der Waals surface area contributed by atoms with Crippen molar-refractivity contribution in [2.75, 3.05) is 17.2 Å². The number of halogens is 1. The molecule has 2 aliphatic heterocycles. The fourth-order valence-corrected chi connectivity index (χ4v) is 6.90. The molecule has 1 aromatic carbocycles. The predicted molar refractivity (Wildman–Crippen MR) is 138 cm³/mol. The topological polar surface area (TPSA) is 186 Å². The molecule has 0 aliphatic carbocycles. The maximum absolute atomic E-state index is 13.2. The van der Waals surface area contributed by atoms with Crippen molar-refractivity contribution in [3.05, 3.63) is 52.7 Å². The van der Waals surface area contributed by atoms with Crippen LogP contribution in [0.1, 0.15) is 5.82 Å². The van der Waals surface area contributed by atoms with Gasteiger partial charge in [0, 0.05) is 23.0 Å². The van der Waals surface area contributed by atoms with E-state index in [-0.39, 0.29) is 28.1 Å². The van der Waals surface area contributed by atoms with Crippen LogP contribution >= 0.6 is 46.4 Å². The van der Waals surface area contributed by atoms with E-state index in [4.69, 9.17) is 10.6 Å². The fraction of sp³-hybridized carbons (Fsp3) is 0.200. The number of nitrogens with one attached hydrogen (secondary N) is 1. The number of aromatic nitrogens is 4. The quantitative estimate of drug-likeness (QED) is 0.140. The molecular weight excluding hydrogens is 580 g/mol. The second-order valence-corrected chi connectivity index (χ2v) is 11.5. The molecule has 2 aliphatic rings. The first-order valence-corrected chi connectivity index (χ1v) is 14.2. The Morgan fingerprint density at radius 1 is 1.34 bits per heavy atom. The van der Waals surface area contributed by atoms with Gasteiger partial charge >= 0.3 is 5.97 Å². The number of hydrogen-bond acceptors (Lipinski definition) is 14. The lowest BCUT2D eigenvalue weighted by molar-refractivity contribution is -0.150.